The molecule has 0 atom stereocenters. The highest BCUT2D eigenvalue weighted by Gasteiger charge is 2.36. The van der Waals surface area contributed by atoms with E-state index < -0.39 is 18.6 Å². The van der Waals surface area contributed by atoms with Crippen molar-refractivity contribution in [3.8, 4) is 11.5 Å². The SMILES string of the molecule is CCCOc1c(Cl)cc(C(=O)N(CC(F)(F)F)c2nc(C)cs2)cc1OC. The van der Waals surface area contributed by atoms with Gasteiger partial charge in [0, 0.05) is 10.9 Å². The summed E-state index contributed by atoms with van der Waals surface area (Å²) in [5.74, 6) is -0.476. The quantitative estimate of drug-likeness (QED) is 0.622. The number of ether oxygens (including phenoxy) is 2. The smallest absolute Gasteiger partial charge is 0.406 e. The monoisotopic (exact) mass is 422 g/mol. The van der Waals surface area contributed by atoms with Crippen LogP contribution in [0.5, 0.6) is 11.5 Å². The van der Waals surface area contributed by atoms with Crippen molar-refractivity contribution in [2.45, 2.75) is 26.4 Å². The summed E-state index contributed by atoms with van der Waals surface area (Å²) < 4.78 is 49.7. The number of benzene rings is 1. The fourth-order valence-electron chi connectivity index (χ4n) is 2.21. The first-order valence-electron chi connectivity index (χ1n) is 7.97. The van der Waals surface area contributed by atoms with Crippen molar-refractivity contribution < 1.29 is 27.4 Å². The Morgan fingerprint density at radius 2 is 2.07 bits per heavy atom. The Morgan fingerprint density at radius 3 is 2.59 bits per heavy atom. The Kier molecular flexibility index (Phi) is 6.94. The average Bonchev–Trinajstić information content (AvgIpc) is 3.02. The van der Waals surface area contributed by atoms with E-state index in [4.69, 9.17) is 21.1 Å². The van der Waals surface area contributed by atoms with Gasteiger partial charge in [-0.15, -0.1) is 11.3 Å². The van der Waals surface area contributed by atoms with Crippen LogP contribution in [0.1, 0.15) is 29.4 Å². The first kappa shape index (κ1) is 21.3. The molecule has 1 aromatic carbocycles. The molecule has 0 aliphatic heterocycles. The largest absolute Gasteiger partial charge is 0.493 e. The summed E-state index contributed by atoms with van der Waals surface area (Å²) in [5.41, 5.74) is 0.465. The summed E-state index contributed by atoms with van der Waals surface area (Å²) in [7, 11) is 1.36. The number of hydrogen-bond donors (Lipinski definition) is 0. The van der Waals surface area contributed by atoms with E-state index in [1.54, 1.807) is 12.3 Å². The molecule has 27 heavy (non-hydrogen) atoms. The van der Waals surface area contributed by atoms with Crippen molar-refractivity contribution in [1.29, 1.82) is 0 Å². The third-order valence-corrected chi connectivity index (χ3v) is 4.61. The predicted molar refractivity (Wildman–Crippen MR) is 98.4 cm³/mol. The van der Waals surface area contributed by atoms with Gasteiger partial charge >= 0.3 is 6.18 Å². The molecule has 0 saturated carbocycles. The van der Waals surface area contributed by atoms with Gasteiger partial charge in [0.2, 0.25) is 0 Å². The predicted octanol–water partition coefficient (Wildman–Crippen LogP) is 5.11. The van der Waals surface area contributed by atoms with E-state index in [9.17, 15) is 18.0 Å². The molecule has 0 aliphatic carbocycles. The zero-order valence-corrected chi connectivity index (χ0v) is 16.5. The van der Waals surface area contributed by atoms with Gasteiger partial charge in [-0.2, -0.15) is 13.2 Å². The number of alkyl halides is 3. The molecule has 2 aromatic rings. The minimum atomic E-state index is -4.59. The van der Waals surface area contributed by atoms with Crippen molar-refractivity contribution in [2.24, 2.45) is 0 Å². The summed E-state index contributed by atoms with van der Waals surface area (Å²) in [4.78, 5) is 17.4. The van der Waals surface area contributed by atoms with Crippen molar-refractivity contribution >= 4 is 34.0 Å². The van der Waals surface area contributed by atoms with Crippen LogP contribution in [0.4, 0.5) is 18.3 Å². The summed E-state index contributed by atoms with van der Waals surface area (Å²) in [6, 6.07) is 2.57. The van der Waals surface area contributed by atoms with Gasteiger partial charge in [0.25, 0.3) is 5.91 Å². The molecule has 1 amide bonds. The number of halogens is 4. The highest BCUT2D eigenvalue weighted by molar-refractivity contribution is 7.14. The molecule has 0 spiro atoms. The fourth-order valence-corrected chi connectivity index (χ4v) is 3.28. The van der Waals surface area contributed by atoms with Gasteiger partial charge in [-0.3, -0.25) is 9.69 Å². The molecule has 10 heteroatoms. The lowest BCUT2D eigenvalue weighted by molar-refractivity contribution is -0.118. The standard InChI is InChI=1S/C17H18ClF3N2O3S/c1-4-5-26-14-12(18)6-11(7-13(14)25-3)15(24)23(9-17(19,20)21)16-22-10(2)8-27-16/h6-8H,4-5,9H2,1-3H3. The average molecular weight is 423 g/mol. The molecule has 0 bridgehead atoms. The van der Waals surface area contributed by atoms with Crippen LogP contribution in [-0.2, 0) is 0 Å². The molecule has 0 N–H and O–H groups in total. The second kappa shape index (κ2) is 8.79. The Labute approximate surface area is 163 Å². The number of hydrogen-bond acceptors (Lipinski definition) is 5. The molecule has 1 aromatic heterocycles. The number of anilines is 1. The molecule has 0 fully saturated rings. The summed E-state index contributed by atoms with van der Waals surface area (Å²) >= 11 is 7.12. The fraction of sp³-hybridized carbons (Fsp3) is 0.412. The highest BCUT2D eigenvalue weighted by Crippen LogP contribution is 2.37. The van der Waals surface area contributed by atoms with Crippen molar-refractivity contribution in [3.63, 3.8) is 0 Å². The van der Waals surface area contributed by atoms with Gasteiger partial charge in [-0.05, 0) is 25.5 Å². The molecule has 0 unspecified atom stereocenters. The molecule has 0 radical (unpaired) electrons. The van der Waals surface area contributed by atoms with E-state index in [-0.39, 0.29) is 27.2 Å². The molecule has 2 rings (SSSR count). The van der Waals surface area contributed by atoms with Crippen LogP contribution in [0.2, 0.25) is 5.02 Å². The van der Waals surface area contributed by atoms with Crippen LogP contribution in [0.3, 0.4) is 0 Å². The number of rotatable bonds is 7. The molecule has 1 heterocycles. The second-order valence-corrected chi connectivity index (χ2v) is 6.86. The highest BCUT2D eigenvalue weighted by atomic mass is 35.5. The number of thiazole rings is 1. The third kappa shape index (κ3) is 5.49. The van der Waals surface area contributed by atoms with E-state index in [1.165, 1.54) is 19.2 Å². The first-order valence-corrected chi connectivity index (χ1v) is 9.23. The topological polar surface area (TPSA) is 51.7 Å². The van der Waals surface area contributed by atoms with Crippen LogP contribution >= 0.6 is 22.9 Å². The van der Waals surface area contributed by atoms with Crippen LogP contribution < -0.4 is 14.4 Å². The lowest BCUT2D eigenvalue weighted by Gasteiger charge is -2.22. The van der Waals surface area contributed by atoms with E-state index in [2.05, 4.69) is 4.98 Å². The molecule has 5 nitrogen and oxygen atoms in total. The zero-order chi connectivity index (χ0) is 20.2. The minimum absolute atomic E-state index is 0.0452. The van der Waals surface area contributed by atoms with Crippen molar-refractivity contribution in [1.82, 2.24) is 4.98 Å². The summed E-state index contributed by atoms with van der Waals surface area (Å²) in [5, 5.41) is 1.60. The molecule has 0 saturated heterocycles. The number of aromatic nitrogens is 1. The Balaban J connectivity index is 2.43. The molecular weight excluding hydrogens is 405 g/mol. The zero-order valence-electron chi connectivity index (χ0n) is 14.9. The maximum atomic E-state index is 13.0. The summed E-state index contributed by atoms with van der Waals surface area (Å²) in [6.45, 7) is 2.45. The maximum absolute atomic E-state index is 13.0. The van der Waals surface area contributed by atoms with Crippen molar-refractivity contribution in [2.75, 3.05) is 25.2 Å². The number of amides is 1. The lowest BCUT2D eigenvalue weighted by atomic mass is 10.1. The third-order valence-electron chi connectivity index (χ3n) is 3.35. The second-order valence-electron chi connectivity index (χ2n) is 5.62. The van der Waals surface area contributed by atoms with Crippen LogP contribution in [0, 0.1) is 6.92 Å². The van der Waals surface area contributed by atoms with Crippen LogP contribution in [-0.4, -0.2) is 37.3 Å². The minimum Gasteiger partial charge on any atom is -0.493 e. The van der Waals surface area contributed by atoms with E-state index in [0.29, 0.717) is 17.2 Å². The van der Waals surface area contributed by atoms with Gasteiger partial charge in [-0.25, -0.2) is 4.98 Å². The van der Waals surface area contributed by atoms with Gasteiger partial charge in [0.15, 0.2) is 16.6 Å². The molecular formula is C17H18ClF3N2O3S. The number of carbonyl (C=O) groups excluding carboxylic acids is 1. The summed E-state index contributed by atoms with van der Waals surface area (Å²) in [6.07, 6.45) is -3.86. The Hall–Kier alpha value is -2.00. The normalized spacial score (nSPS) is 11.4. The van der Waals surface area contributed by atoms with Crippen LogP contribution in [0.15, 0.2) is 17.5 Å². The van der Waals surface area contributed by atoms with Gasteiger partial charge < -0.3 is 9.47 Å². The number of aryl methyl sites for hydroxylation is 1. The lowest BCUT2D eigenvalue weighted by Crippen LogP contribution is -2.39. The number of methoxy groups -OCH3 is 1. The number of carbonyl (C=O) groups is 1. The van der Waals surface area contributed by atoms with Crippen LogP contribution in [0.25, 0.3) is 0 Å². The van der Waals surface area contributed by atoms with E-state index in [0.717, 1.165) is 17.8 Å². The Bertz CT molecular complexity index is 811. The maximum Gasteiger partial charge on any atom is 0.406 e. The van der Waals surface area contributed by atoms with E-state index >= 15 is 0 Å². The van der Waals surface area contributed by atoms with Gasteiger partial charge in [0.05, 0.1) is 24.4 Å². The molecule has 0 aliphatic rings. The Morgan fingerprint density at radius 1 is 1.37 bits per heavy atom. The first-order chi connectivity index (χ1) is 12.7. The number of nitrogens with zero attached hydrogens (tertiary/aromatic N) is 2. The van der Waals surface area contributed by atoms with Gasteiger partial charge in [0.1, 0.15) is 6.54 Å². The van der Waals surface area contributed by atoms with Gasteiger partial charge in [-0.1, -0.05) is 18.5 Å². The van der Waals surface area contributed by atoms with E-state index in [1.807, 2.05) is 6.92 Å². The molecule has 148 valence electrons. The van der Waals surface area contributed by atoms with Crippen molar-refractivity contribution in [3.05, 3.63) is 33.8 Å².